The largest absolute Gasteiger partial charge is 1.00 e. The fraction of sp³-hybridized carbons (Fsp3) is 0.455. The lowest BCUT2D eigenvalue weighted by Gasteiger charge is -2.23. The molecule has 2 rings (SSSR count). The maximum atomic E-state index is 12.3. The average molecular weight is 371 g/mol. The number of benzene rings is 1. The number of hydrogen-bond donors (Lipinski definition) is 1. The maximum absolute atomic E-state index is 12.3. The average Bonchev–Trinajstić information content (AvgIpc) is 2.76. The van der Waals surface area contributed by atoms with Crippen LogP contribution >= 0.6 is 23.3 Å². The van der Waals surface area contributed by atoms with Gasteiger partial charge in [0.25, 0.3) is 0 Å². The van der Waals surface area contributed by atoms with Gasteiger partial charge in [0, 0.05) is 0 Å². The highest BCUT2D eigenvalue weighted by Crippen LogP contribution is 2.27. The van der Waals surface area contributed by atoms with Gasteiger partial charge in [-0.3, -0.25) is 0 Å². The minimum Gasteiger partial charge on any atom is -1.00 e. The summed E-state index contributed by atoms with van der Waals surface area (Å²) >= 11 is 6.92. The maximum Gasteiger partial charge on any atom is 0.243 e. The molecule has 0 saturated carbocycles. The van der Waals surface area contributed by atoms with Crippen LogP contribution in [0.5, 0.6) is 0 Å². The lowest BCUT2D eigenvalue weighted by Crippen LogP contribution is -3.00. The molecule has 0 unspecified atom stereocenters. The second-order valence-corrected chi connectivity index (χ2v) is 8.09. The first-order chi connectivity index (χ1) is 9.21. The first-order valence-electron chi connectivity index (χ1n) is 5.92. The predicted molar refractivity (Wildman–Crippen MR) is 80.5 cm³/mol. The number of rotatable bonds is 5. The summed E-state index contributed by atoms with van der Waals surface area (Å²) in [5.74, 6) is 0. The SMILES string of the molecule is C[N+](C)(C)CCNS(=O)(=O)c1ccc(Cl)c2nsnc12.[Cl-]. The highest BCUT2D eigenvalue weighted by Gasteiger charge is 2.21. The van der Waals surface area contributed by atoms with Crippen molar-refractivity contribution in [3.05, 3.63) is 17.2 Å². The van der Waals surface area contributed by atoms with E-state index in [-0.39, 0.29) is 17.3 Å². The number of aromatic nitrogens is 2. The molecule has 0 aliphatic rings. The first kappa shape index (κ1) is 18.5. The van der Waals surface area contributed by atoms with E-state index in [2.05, 4.69) is 13.5 Å². The molecule has 0 spiro atoms. The van der Waals surface area contributed by atoms with Crippen LogP contribution in [0.4, 0.5) is 0 Å². The quantitative estimate of drug-likeness (QED) is 0.639. The van der Waals surface area contributed by atoms with Crippen LogP contribution in [0.3, 0.4) is 0 Å². The normalized spacial score (nSPS) is 12.4. The van der Waals surface area contributed by atoms with E-state index >= 15 is 0 Å². The van der Waals surface area contributed by atoms with Crippen molar-refractivity contribution in [2.45, 2.75) is 4.90 Å². The third-order valence-electron chi connectivity index (χ3n) is 2.69. The molecule has 10 heteroatoms. The second kappa shape index (κ2) is 6.72. The summed E-state index contributed by atoms with van der Waals surface area (Å²) in [6.45, 7) is 1.04. The Balaban J connectivity index is 0.00000220. The van der Waals surface area contributed by atoms with Gasteiger partial charge in [-0.1, -0.05) is 11.6 Å². The minimum atomic E-state index is -3.61. The zero-order valence-corrected chi connectivity index (χ0v) is 14.9. The molecule has 0 atom stereocenters. The van der Waals surface area contributed by atoms with Crippen LogP contribution < -0.4 is 17.1 Å². The Morgan fingerprint density at radius 1 is 1.24 bits per heavy atom. The molecule has 21 heavy (non-hydrogen) atoms. The fourth-order valence-electron chi connectivity index (χ4n) is 1.62. The molecule has 0 saturated heterocycles. The zero-order chi connectivity index (χ0) is 15.0. The lowest BCUT2D eigenvalue weighted by molar-refractivity contribution is -0.869. The highest BCUT2D eigenvalue weighted by atomic mass is 35.5. The lowest BCUT2D eigenvalue weighted by atomic mass is 10.3. The molecule has 1 aromatic heterocycles. The fourth-order valence-corrected chi connectivity index (χ4v) is 3.66. The summed E-state index contributed by atoms with van der Waals surface area (Å²) in [5.41, 5.74) is 0.742. The van der Waals surface area contributed by atoms with Gasteiger partial charge in [-0.25, -0.2) is 13.1 Å². The van der Waals surface area contributed by atoms with Gasteiger partial charge in [-0.2, -0.15) is 8.75 Å². The van der Waals surface area contributed by atoms with Crippen LogP contribution in [0.15, 0.2) is 17.0 Å². The number of nitrogens with one attached hydrogen (secondary N) is 1. The van der Waals surface area contributed by atoms with Gasteiger partial charge >= 0.3 is 0 Å². The molecule has 0 aliphatic carbocycles. The van der Waals surface area contributed by atoms with Crippen molar-refractivity contribution in [1.29, 1.82) is 0 Å². The van der Waals surface area contributed by atoms with Gasteiger partial charge in [0.15, 0.2) is 0 Å². The third kappa shape index (κ3) is 4.48. The van der Waals surface area contributed by atoms with Crippen LogP contribution in [0.25, 0.3) is 11.0 Å². The van der Waals surface area contributed by atoms with Crippen LogP contribution in [0, 0.1) is 0 Å². The topological polar surface area (TPSA) is 72.0 Å². The Morgan fingerprint density at radius 2 is 1.86 bits per heavy atom. The molecule has 0 fully saturated rings. The molecule has 2 aromatic rings. The highest BCUT2D eigenvalue weighted by molar-refractivity contribution is 7.89. The van der Waals surface area contributed by atoms with Gasteiger partial charge in [-0.05, 0) is 12.1 Å². The van der Waals surface area contributed by atoms with Crippen molar-refractivity contribution in [2.75, 3.05) is 34.2 Å². The number of halogens is 2. The van der Waals surface area contributed by atoms with Gasteiger partial charge in [0.2, 0.25) is 10.0 Å². The van der Waals surface area contributed by atoms with Crippen LogP contribution in [-0.4, -0.2) is 55.9 Å². The smallest absolute Gasteiger partial charge is 0.243 e. The van der Waals surface area contributed by atoms with Crippen LogP contribution in [-0.2, 0) is 10.0 Å². The number of likely N-dealkylation sites (N-methyl/N-ethyl adjacent to an activating group) is 1. The van der Waals surface area contributed by atoms with Crippen molar-refractivity contribution in [1.82, 2.24) is 13.5 Å². The second-order valence-electron chi connectivity index (χ2n) is 5.42. The summed E-state index contributed by atoms with van der Waals surface area (Å²) < 4.78 is 35.9. The Morgan fingerprint density at radius 3 is 2.48 bits per heavy atom. The Bertz CT molecular complexity index is 725. The Kier molecular flexibility index (Phi) is 5.93. The molecular weight excluding hydrogens is 355 g/mol. The monoisotopic (exact) mass is 370 g/mol. The summed E-state index contributed by atoms with van der Waals surface area (Å²) in [7, 11) is 2.39. The first-order valence-corrected chi connectivity index (χ1v) is 8.51. The standard InChI is InChI=1S/C11H16ClN4O2S2.ClH/c1-16(2,3)7-6-13-20(17,18)9-5-4-8(12)10-11(9)15-19-14-10;/h4-5,13H,6-7H2,1-3H3;1H/q+1;/p-1. The minimum absolute atomic E-state index is 0. The predicted octanol–water partition coefficient (Wildman–Crippen LogP) is -1.67. The van der Waals surface area contributed by atoms with E-state index in [9.17, 15) is 8.42 Å². The molecule has 1 heterocycles. The van der Waals surface area contributed by atoms with Gasteiger partial charge in [-0.15, -0.1) is 0 Å². The Labute approximate surface area is 139 Å². The van der Waals surface area contributed by atoms with Gasteiger partial charge in [0.05, 0.1) is 51.0 Å². The van der Waals surface area contributed by atoms with E-state index < -0.39 is 10.0 Å². The van der Waals surface area contributed by atoms with Crippen LogP contribution in [0.2, 0.25) is 5.02 Å². The molecule has 0 amide bonds. The summed E-state index contributed by atoms with van der Waals surface area (Å²) in [6, 6.07) is 2.99. The summed E-state index contributed by atoms with van der Waals surface area (Å²) in [4.78, 5) is 0.118. The van der Waals surface area contributed by atoms with E-state index in [1.165, 1.54) is 12.1 Å². The molecule has 6 nitrogen and oxygen atoms in total. The Hall–Kier alpha value is -0.510. The number of nitrogens with zero attached hydrogens (tertiary/aromatic N) is 3. The molecule has 1 aromatic carbocycles. The van der Waals surface area contributed by atoms with Crippen molar-refractivity contribution in [3.63, 3.8) is 0 Å². The molecule has 118 valence electrons. The number of quaternary nitrogens is 1. The molecule has 0 bridgehead atoms. The number of sulfonamides is 1. The van der Waals surface area contributed by atoms with Gasteiger partial charge in [0.1, 0.15) is 15.9 Å². The van der Waals surface area contributed by atoms with Crippen molar-refractivity contribution < 1.29 is 25.3 Å². The van der Waals surface area contributed by atoms with Crippen molar-refractivity contribution >= 4 is 44.4 Å². The summed E-state index contributed by atoms with van der Waals surface area (Å²) in [6.07, 6.45) is 0. The third-order valence-corrected chi connectivity index (χ3v) is 5.02. The number of fused-ring (bicyclic) bond motifs is 1. The van der Waals surface area contributed by atoms with E-state index in [0.29, 0.717) is 33.6 Å². The zero-order valence-electron chi connectivity index (χ0n) is 11.8. The summed E-state index contributed by atoms with van der Waals surface area (Å²) in [5, 5.41) is 0.402. The van der Waals surface area contributed by atoms with E-state index in [4.69, 9.17) is 11.6 Å². The molecule has 0 aliphatic heterocycles. The van der Waals surface area contributed by atoms with Gasteiger partial charge < -0.3 is 16.9 Å². The van der Waals surface area contributed by atoms with Crippen LogP contribution in [0.1, 0.15) is 0 Å². The molecule has 0 radical (unpaired) electrons. The van der Waals surface area contributed by atoms with E-state index in [1.807, 2.05) is 21.1 Å². The van der Waals surface area contributed by atoms with E-state index in [1.54, 1.807) is 0 Å². The number of hydrogen-bond acceptors (Lipinski definition) is 5. The molecule has 1 N–H and O–H groups in total. The van der Waals surface area contributed by atoms with E-state index in [0.717, 1.165) is 11.7 Å². The van der Waals surface area contributed by atoms with Crippen molar-refractivity contribution in [3.8, 4) is 0 Å². The van der Waals surface area contributed by atoms with Crippen molar-refractivity contribution in [2.24, 2.45) is 0 Å². The molecular formula is C11H16Cl2N4O2S2.